The van der Waals surface area contributed by atoms with Gasteiger partial charge >= 0.3 is 0 Å². The van der Waals surface area contributed by atoms with Gasteiger partial charge in [-0.05, 0) is 18.8 Å². The summed E-state index contributed by atoms with van der Waals surface area (Å²) in [6, 6.07) is 0.420. The van der Waals surface area contributed by atoms with Crippen LogP contribution in [0.25, 0.3) is 0 Å². The van der Waals surface area contributed by atoms with Crippen molar-refractivity contribution in [3.8, 4) is 0 Å². The predicted octanol–water partition coefficient (Wildman–Crippen LogP) is 0.0559. The van der Waals surface area contributed by atoms with E-state index in [-0.39, 0.29) is 0 Å². The molecule has 1 unspecified atom stereocenters. The minimum absolute atomic E-state index is 0.420. The van der Waals surface area contributed by atoms with Gasteiger partial charge in [0.1, 0.15) is 0 Å². The quantitative estimate of drug-likeness (QED) is 0.650. The van der Waals surface area contributed by atoms with Crippen LogP contribution >= 0.6 is 0 Å². The van der Waals surface area contributed by atoms with Crippen LogP contribution in [0, 0.1) is 5.92 Å². The molecule has 12 heavy (non-hydrogen) atoms. The third kappa shape index (κ3) is 2.19. The maximum atomic E-state index is 6.03. The van der Waals surface area contributed by atoms with Gasteiger partial charge in [-0.2, -0.15) is 0 Å². The van der Waals surface area contributed by atoms with Crippen molar-refractivity contribution < 1.29 is 4.74 Å². The highest BCUT2D eigenvalue weighted by atomic mass is 16.5. The lowest BCUT2D eigenvalue weighted by Crippen LogP contribution is -2.44. The molecule has 0 aromatic carbocycles. The minimum Gasteiger partial charge on any atom is -0.379 e. The van der Waals surface area contributed by atoms with E-state index in [0.29, 0.717) is 6.04 Å². The van der Waals surface area contributed by atoms with Crippen LogP contribution in [-0.2, 0) is 4.74 Å². The molecule has 1 aliphatic heterocycles. The molecule has 3 nitrogen and oxygen atoms in total. The molecule has 2 fully saturated rings. The first-order valence-electron chi connectivity index (χ1n) is 4.92. The van der Waals surface area contributed by atoms with Crippen LogP contribution in [0.15, 0.2) is 0 Å². The van der Waals surface area contributed by atoms with Crippen molar-refractivity contribution >= 4 is 0 Å². The van der Waals surface area contributed by atoms with E-state index in [2.05, 4.69) is 4.90 Å². The molecular weight excluding hydrogens is 152 g/mol. The zero-order valence-electron chi connectivity index (χ0n) is 7.54. The van der Waals surface area contributed by atoms with Gasteiger partial charge in [-0.1, -0.05) is 0 Å². The third-order valence-corrected chi connectivity index (χ3v) is 2.80. The van der Waals surface area contributed by atoms with Gasteiger partial charge in [-0.15, -0.1) is 0 Å². The van der Waals surface area contributed by atoms with Crippen molar-refractivity contribution in [1.29, 1.82) is 0 Å². The number of morpholine rings is 1. The number of nitrogens with zero attached hydrogens (tertiary/aromatic N) is 1. The van der Waals surface area contributed by atoms with Gasteiger partial charge in [0.15, 0.2) is 0 Å². The number of hydrogen-bond acceptors (Lipinski definition) is 3. The molecule has 70 valence electrons. The summed E-state index contributed by atoms with van der Waals surface area (Å²) in [5.74, 6) is 0.827. The minimum atomic E-state index is 0.420. The molecule has 0 bridgehead atoms. The molecule has 1 atom stereocenters. The second kappa shape index (κ2) is 3.73. The van der Waals surface area contributed by atoms with E-state index in [1.54, 1.807) is 0 Å². The molecule has 0 aromatic heterocycles. The molecule has 2 aliphatic rings. The standard InChI is InChI=1S/C9H18N2O/c10-9(8-1-2-8)7-11-3-5-12-6-4-11/h8-9H,1-7,10H2. The highest BCUT2D eigenvalue weighted by Gasteiger charge is 2.29. The summed E-state index contributed by atoms with van der Waals surface area (Å²) in [5.41, 5.74) is 6.03. The van der Waals surface area contributed by atoms with E-state index in [4.69, 9.17) is 10.5 Å². The van der Waals surface area contributed by atoms with Crippen LogP contribution < -0.4 is 5.73 Å². The lowest BCUT2D eigenvalue weighted by Gasteiger charge is -2.28. The Balaban J connectivity index is 1.69. The summed E-state index contributed by atoms with van der Waals surface area (Å²) in [7, 11) is 0. The SMILES string of the molecule is NC(CN1CCOCC1)C1CC1. The lowest BCUT2D eigenvalue weighted by molar-refractivity contribution is 0.0344. The molecule has 2 rings (SSSR count). The van der Waals surface area contributed by atoms with Gasteiger partial charge in [0.25, 0.3) is 0 Å². The van der Waals surface area contributed by atoms with Gasteiger partial charge in [-0.25, -0.2) is 0 Å². The molecule has 1 saturated carbocycles. The fourth-order valence-corrected chi connectivity index (χ4v) is 1.76. The summed E-state index contributed by atoms with van der Waals surface area (Å²) in [6.45, 7) is 4.99. The summed E-state index contributed by atoms with van der Waals surface area (Å²) in [5, 5.41) is 0. The van der Waals surface area contributed by atoms with Gasteiger partial charge in [0, 0.05) is 25.7 Å². The molecule has 1 aliphatic carbocycles. The van der Waals surface area contributed by atoms with Gasteiger partial charge in [-0.3, -0.25) is 4.90 Å². The summed E-state index contributed by atoms with van der Waals surface area (Å²) < 4.78 is 5.27. The molecular formula is C9H18N2O. The summed E-state index contributed by atoms with van der Waals surface area (Å²) >= 11 is 0. The highest BCUT2D eigenvalue weighted by molar-refractivity contribution is 4.86. The van der Waals surface area contributed by atoms with Gasteiger partial charge in [0.2, 0.25) is 0 Å². The number of ether oxygens (including phenoxy) is 1. The van der Waals surface area contributed by atoms with Crippen molar-refractivity contribution in [2.75, 3.05) is 32.8 Å². The molecule has 1 saturated heterocycles. The number of nitrogens with two attached hydrogens (primary N) is 1. The van der Waals surface area contributed by atoms with E-state index in [0.717, 1.165) is 38.8 Å². The largest absolute Gasteiger partial charge is 0.379 e. The monoisotopic (exact) mass is 170 g/mol. The first-order valence-corrected chi connectivity index (χ1v) is 4.92. The maximum absolute atomic E-state index is 6.03. The Morgan fingerprint density at radius 3 is 2.58 bits per heavy atom. The smallest absolute Gasteiger partial charge is 0.0594 e. The Labute approximate surface area is 73.9 Å². The average molecular weight is 170 g/mol. The number of hydrogen-bond donors (Lipinski definition) is 1. The fraction of sp³-hybridized carbons (Fsp3) is 1.00. The Kier molecular flexibility index (Phi) is 2.63. The van der Waals surface area contributed by atoms with Crippen LogP contribution in [0.2, 0.25) is 0 Å². The van der Waals surface area contributed by atoms with Crippen molar-refractivity contribution in [1.82, 2.24) is 4.90 Å². The maximum Gasteiger partial charge on any atom is 0.0594 e. The normalized spacial score (nSPS) is 28.8. The van der Waals surface area contributed by atoms with Gasteiger partial charge < -0.3 is 10.5 Å². The molecule has 1 heterocycles. The van der Waals surface area contributed by atoms with Crippen LogP contribution in [0.5, 0.6) is 0 Å². The summed E-state index contributed by atoms with van der Waals surface area (Å²) in [6.07, 6.45) is 2.71. The third-order valence-electron chi connectivity index (χ3n) is 2.80. The van der Waals surface area contributed by atoms with Crippen molar-refractivity contribution in [2.24, 2.45) is 11.7 Å². The van der Waals surface area contributed by atoms with E-state index in [1.807, 2.05) is 0 Å². The van der Waals surface area contributed by atoms with Crippen molar-refractivity contribution in [2.45, 2.75) is 18.9 Å². The number of rotatable bonds is 3. The first-order chi connectivity index (χ1) is 5.86. The molecule has 0 spiro atoms. The highest BCUT2D eigenvalue weighted by Crippen LogP contribution is 2.31. The van der Waals surface area contributed by atoms with E-state index < -0.39 is 0 Å². The molecule has 0 amide bonds. The van der Waals surface area contributed by atoms with E-state index in [1.165, 1.54) is 12.8 Å². The zero-order valence-corrected chi connectivity index (χ0v) is 7.54. The Morgan fingerprint density at radius 2 is 2.00 bits per heavy atom. The average Bonchev–Trinajstić information content (AvgIpc) is 2.88. The second-order valence-corrected chi connectivity index (χ2v) is 3.91. The topological polar surface area (TPSA) is 38.5 Å². The second-order valence-electron chi connectivity index (χ2n) is 3.91. The van der Waals surface area contributed by atoms with Gasteiger partial charge in [0.05, 0.1) is 13.2 Å². The molecule has 0 aromatic rings. The lowest BCUT2D eigenvalue weighted by atomic mass is 10.2. The molecule has 2 N–H and O–H groups in total. The zero-order chi connectivity index (χ0) is 8.39. The Hall–Kier alpha value is -0.120. The van der Waals surface area contributed by atoms with E-state index in [9.17, 15) is 0 Å². The first kappa shape index (κ1) is 8.48. The van der Waals surface area contributed by atoms with Crippen LogP contribution in [-0.4, -0.2) is 43.8 Å². The van der Waals surface area contributed by atoms with E-state index >= 15 is 0 Å². The van der Waals surface area contributed by atoms with Crippen molar-refractivity contribution in [3.05, 3.63) is 0 Å². The van der Waals surface area contributed by atoms with Crippen LogP contribution in [0.3, 0.4) is 0 Å². The molecule has 0 radical (unpaired) electrons. The summed E-state index contributed by atoms with van der Waals surface area (Å²) in [4.78, 5) is 2.42. The predicted molar refractivity (Wildman–Crippen MR) is 48.0 cm³/mol. The molecule has 3 heteroatoms. The van der Waals surface area contributed by atoms with Crippen molar-refractivity contribution in [3.63, 3.8) is 0 Å². The Morgan fingerprint density at radius 1 is 1.33 bits per heavy atom. The Bertz CT molecular complexity index is 141. The van der Waals surface area contributed by atoms with Crippen LogP contribution in [0.1, 0.15) is 12.8 Å². The fourth-order valence-electron chi connectivity index (χ4n) is 1.76. The van der Waals surface area contributed by atoms with Crippen LogP contribution in [0.4, 0.5) is 0 Å².